The van der Waals surface area contributed by atoms with E-state index in [9.17, 15) is 21.4 Å². The Hall–Kier alpha value is -3.45. The molecule has 39 heavy (non-hydrogen) atoms. The Morgan fingerprint density at radius 2 is 1.46 bits per heavy atom. The van der Waals surface area contributed by atoms with E-state index < -0.39 is 24.9 Å². The summed E-state index contributed by atoms with van der Waals surface area (Å²) in [6.07, 6.45) is 1.41. The standard InChI is InChI=1S/C27H18N4O5S2.Na/c28-26-19-8-2-1-6-17(19)25(38(34,35)36)14-23(26)31-30-16-12-13-22(29-15-16)21-10-5-9-20-18-7-3-4-11-24(18)37(32,33)27(20)21;/h1-15H,28H2,(H,34,35,36);/q;+1/p-1. The summed E-state index contributed by atoms with van der Waals surface area (Å²) in [5, 5.41) is 8.75. The van der Waals surface area contributed by atoms with Gasteiger partial charge in [-0.05, 0) is 24.3 Å². The first-order valence-electron chi connectivity index (χ1n) is 11.3. The van der Waals surface area contributed by atoms with E-state index in [4.69, 9.17) is 5.73 Å². The third-order valence-corrected chi connectivity index (χ3v) is 9.13. The minimum absolute atomic E-state index is 0. The van der Waals surface area contributed by atoms with Crippen molar-refractivity contribution in [3.05, 3.63) is 91.1 Å². The van der Waals surface area contributed by atoms with Crippen LogP contribution < -0.4 is 35.3 Å². The van der Waals surface area contributed by atoms with Crippen LogP contribution in [0.1, 0.15) is 0 Å². The molecule has 0 aliphatic carbocycles. The van der Waals surface area contributed by atoms with Gasteiger partial charge in [0.2, 0.25) is 9.84 Å². The van der Waals surface area contributed by atoms with Crippen LogP contribution in [-0.4, -0.2) is 26.4 Å². The second-order valence-corrected chi connectivity index (χ2v) is 11.8. The van der Waals surface area contributed by atoms with Crippen LogP contribution in [0.2, 0.25) is 0 Å². The van der Waals surface area contributed by atoms with Crippen LogP contribution in [0.5, 0.6) is 0 Å². The number of nitrogen functional groups attached to an aromatic ring is 1. The molecule has 0 fully saturated rings. The minimum atomic E-state index is -4.79. The van der Waals surface area contributed by atoms with Gasteiger partial charge in [-0.15, -0.1) is 10.2 Å². The maximum atomic E-state index is 13.3. The number of hydrogen-bond acceptors (Lipinski definition) is 9. The zero-order valence-electron chi connectivity index (χ0n) is 20.4. The number of sulfone groups is 1. The third kappa shape index (κ3) is 4.56. The molecule has 1 aromatic heterocycles. The van der Waals surface area contributed by atoms with Gasteiger partial charge in [0.15, 0.2) is 0 Å². The number of pyridine rings is 1. The average molecular weight is 565 g/mol. The van der Waals surface area contributed by atoms with Gasteiger partial charge in [0.1, 0.15) is 21.5 Å². The van der Waals surface area contributed by atoms with Gasteiger partial charge in [-0.3, -0.25) is 4.98 Å². The minimum Gasteiger partial charge on any atom is -0.744 e. The van der Waals surface area contributed by atoms with Crippen molar-refractivity contribution in [1.82, 2.24) is 4.98 Å². The quantitative estimate of drug-likeness (QED) is 0.149. The van der Waals surface area contributed by atoms with E-state index in [1.165, 1.54) is 12.3 Å². The number of benzene rings is 4. The molecule has 0 saturated heterocycles. The summed E-state index contributed by atoms with van der Waals surface area (Å²) in [6, 6.07) is 22.8. The molecule has 2 heterocycles. The van der Waals surface area contributed by atoms with E-state index in [-0.39, 0.29) is 56.1 Å². The van der Waals surface area contributed by atoms with Crippen molar-refractivity contribution < 1.29 is 50.9 Å². The zero-order chi connectivity index (χ0) is 26.7. The van der Waals surface area contributed by atoms with Crippen molar-refractivity contribution in [2.45, 2.75) is 14.7 Å². The van der Waals surface area contributed by atoms with Gasteiger partial charge in [0.05, 0.1) is 32.3 Å². The number of nitrogens with zero attached hydrogens (tertiary/aromatic N) is 3. The monoisotopic (exact) mass is 564 g/mol. The summed E-state index contributed by atoms with van der Waals surface area (Å²) in [6.45, 7) is 0. The second-order valence-electron chi connectivity index (χ2n) is 8.59. The van der Waals surface area contributed by atoms with Crippen molar-refractivity contribution in [2.75, 3.05) is 5.73 Å². The second kappa shape index (κ2) is 9.94. The molecule has 12 heteroatoms. The molecule has 4 aromatic carbocycles. The van der Waals surface area contributed by atoms with Gasteiger partial charge in [-0.2, -0.15) is 0 Å². The predicted octanol–water partition coefficient (Wildman–Crippen LogP) is 2.62. The molecule has 0 unspecified atom stereocenters. The SMILES string of the molecule is Nc1c(N=Nc2ccc(-c3cccc4c3S(=O)(=O)c3ccccc3-4)nc2)cc(S(=O)(=O)[O-])c2ccccc12.[Na+]. The smallest absolute Gasteiger partial charge is 0.744 e. The summed E-state index contributed by atoms with van der Waals surface area (Å²) in [4.78, 5) is 4.43. The molecule has 6 rings (SSSR count). The molecular weight excluding hydrogens is 547 g/mol. The topological polar surface area (TPSA) is 155 Å². The molecule has 2 N–H and O–H groups in total. The number of rotatable bonds is 4. The van der Waals surface area contributed by atoms with Crippen molar-refractivity contribution in [3.63, 3.8) is 0 Å². The fraction of sp³-hybridized carbons (Fsp3) is 0. The molecule has 9 nitrogen and oxygen atoms in total. The van der Waals surface area contributed by atoms with E-state index in [0.29, 0.717) is 33.5 Å². The van der Waals surface area contributed by atoms with E-state index in [1.54, 1.807) is 72.8 Å². The van der Waals surface area contributed by atoms with Crippen molar-refractivity contribution in [1.29, 1.82) is 0 Å². The fourth-order valence-corrected chi connectivity index (χ4v) is 7.21. The summed E-state index contributed by atoms with van der Waals surface area (Å²) in [5.41, 5.74) is 8.87. The number of aromatic nitrogens is 1. The molecule has 188 valence electrons. The summed E-state index contributed by atoms with van der Waals surface area (Å²) >= 11 is 0. The first kappa shape index (κ1) is 27.1. The van der Waals surface area contributed by atoms with Crippen LogP contribution in [0.25, 0.3) is 33.2 Å². The Kier molecular flexibility index (Phi) is 6.91. The normalized spacial score (nSPS) is 13.7. The number of azo groups is 1. The van der Waals surface area contributed by atoms with E-state index >= 15 is 0 Å². The van der Waals surface area contributed by atoms with Crippen molar-refractivity contribution in [3.8, 4) is 22.4 Å². The van der Waals surface area contributed by atoms with Crippen LogP contribution >= 0.6 is 0 Å². The van der Waals surface area contributed by atoms with Crippen molar-refractivity contribution >= 4 is 47.8 Å². The largest absolute Gasteiger partial charge is 1.00 e. The van der Waals surface area contributed by atoms with Crippen LogP contribution in [0.3, 0.4) is 0 Å². The van der Waals surface area contributed by atoms with Gasteiger partial charge >= 0.3 is 29.6 Å². The first-order chi connectivity index (χ1) is 18.2. The molecule has 1 aliphatic heterocycles. The Morgan fingerprint density at radius 1 is 0.795 bits per heavy atom. The molecule has 5 aromatic rings. The Labute approximate surface area is 246 Å². The molecule has 0 amide bonds. The zero-order valence-corrected chi connectivity index (χ0v) is 24.1. The van der Waals surface area contributed by atoms with Crippen LogP contribution in [0, 0.1) is 0 Å². The van der Waals surface area contributed by atoms with Crippen LogP contribution in [0.4, 0.5) is 17.1 Å². The molecular formula is C27H17N4NaO5S2. The van der Waals surface area contributed by atoms with Gasteiger partial charge in [0.25, 0.3) is 0 Å². The summed E-state index contributed by atoms with van der Waals surface area (Å²) in [7, 11) is -8.50. The predicted molar refractivity (Wildman–Crippen MR) is 141 cm³/mol. The first-order valence-corrected chi connectivity index (χ1v) is 14.2. The third-order valence-electron chi connectivity index (χ3n) is 6.34. The Morgan fingerprint density at radius 3 is 2.18 bits per heavy atom. The Bertz CT molecular complexity index is 2030. The van der Waals surface area contributed by atoms with Crippen LogP contribution in [0.15, 0.2) is 116 Å². The van der Waals surface area contributed by atoms with Crippen molar-refractivity contribution in [2.24, 2.45) is 10.2 Å². The van der Waals surface area contributed by atoms with Crippen LogP contribution in [-0.2, 0) is 20.0 Å². The Balaban J connectivity index is 0.00000308. The number of hydrogen-bond donors (Lipinski definition) is 1. The molecule has 0 radical (unpaired) electrons. The molecule has 0 atom stereocenters. The van der Waals surface area contributed by atoms with Gasteiger partial charge in [-0.25, -0.2) is 16.8 Å². The maximum absolute atomic E-state index is 13.3. The molecule has 0 saturated carbocycles. The van der Waals surface area contributed by atoms with E-state index in [0.717, 1.165) is 6.07 Å². The number of nitrogens with two attached hydrogens (primary N) is 1. The maximum Gasteiger partial charge on any atom is 1.00 e. The molecule has 0 bridgehead atoms. The summed E-state index contributed by atoms with van der Waals surface area (Å²) in [5.74, 6) is 0. The van der Waals surface area contributed by atoms with E-state index in [2.05, 4.69) is 15.2 Å². The fourth-order valence-electron chi connectivity index (χ4n) is 4.63. The number of fused-ring (bicyclic) bond motifs is 4. The average Bonchev–Trinajstić information content (AvgIpc) is 3.15. The number of anilines is 1. The molecule has 0 spiro atoms. The van der Waals surface area contributed by atoms with Gasteiger partial charge in [-0.1, -0.05) is 60.7 Å². The van der Waals surface area contributed by atoms with E-state index in [1.807, 2.05) is 0 Å². The van der Waals surface area contributed by atoms with Gasteiger partial charge in [0, 0.05) is 27.5 Å². The summed E-state index contributed by atoms with van der Waals surface area (Å²) < 4.78 is 62.1. The van der Waals surface area contributed by atoms with Gasteiger partial charge < -0.3 is 10.3 Å². The molecule has 1 aliphatic rings.